The summed E-state index contributed by atoms with van der Waals surface area (Å²) in [7, 11) is 0. The molecule has 2 unspecified atom stereocenters. The summed E-state index contributed by atoms with van der Waals surface area (Å²) in [5.74, 6) is -0.120. The fraction of sp³-hybridized carbons (Fsp3) is 0.611. The van der Waals surface area contributed by atoms with Crippen LogP contribution in [0, 0.1) is 5.92 Å². The van der Waals surface area contributed by atoms with E-state index in [2.05, 4.69) is 13.8 Å². The summed E-state index contributed by atoms with van der Waals surface area (Å²) in [6.45, 7) is 8.09. The summed E-state index contributed by atoms with van der Waals surface area (Å²) in [5, 5.41) is 0. The third kappa shape index (κ3) is 4.08. The van der Waals surface area contributed by atoms with Crippen LogP contribution in [0.3, 0.4) is 0 Å². The highest BCUT2D eigenvalue weighted by Gasteiger charge is 2.43. The molecular weight excluding hydrogens is 280 g/mol. The van der Waals surface area contributed by atoms with Gasteiger partial charge in [-0.3, -0.25) is 4.79 Å². The molecule has 122 valence electrons. The maximum absolute atomic E-state index is 11.4. The van der Waals surface area contributed by atoms with Crippen LogP contribution in [0.4, 0.5) is 0 Å². The Labute approximate surface area is 132 Å². The van der Waals surface area contributed by atoms with Crippen molar-refractivity contribution in [2.24, 2.45) is 5.92 Å². The van der Waals surface area contributed by atoms with Gasteiger partial charge in [0.05, 0.1) is 18.8 Å². The highest BCUT2D eigenvalue weighted by atomic mass is 16.6. The summed E-state index contributed by atoms with van der Waals surface area (Å²) in [5.41, 5.74) is 1.11. The molecule has 22 heavy (non-hydrogen) atoms. The van der Waals surface area contributed by atoms with E-state index in [-0.39, 0.29) is 36.3 Å². The molecule has 0 N–H and O–H groups in total. The summed E-state index contributed by atoms with van der Waals surface area (Å²) >= 11 is 0. The zero-order valence-corrected chi connectivity index (χ0v) is 13.8. The molecule has 0 bridgehead atoms. The molecule has 1 aliphatic heterocycles. The molecule has 0 radical (unpaired) electrons. The van der Waals surface area contributed by atoms with E-state index in [1.54, 1.807) is 0 Å². The lowest BCUT2D eigenvalue weighted by Gasteiger charge is -2.44. The second-order valence-electron chi connectivity index (χ2n) is 5.98. The Kier molecular flexibility index (Phi) is 5.98. The summed E-state index contributed by atoms with van der Waals surface area (Å²) in [4.78, 5) is 11.4. The van der Waals surface area contributed by atoms with Crippen molar-refractivity contribution in [2.45, 2.75) is 65.1 Å². The molecule has 0 amide bonds. The van der Waals surface area contributed by atoms with Crippen LogP contribution in [0.15, 0.2) is 30.3 Å². The number of ether oxygens (including phenoxy) is 3. The van der Waals surface area contributed by atoms with Crippen molar-refractivity contribution in [1.82, 2.24) is 0 Å². The standard InChI is InChI=1S/C18H26O4/c1-5-16-12(2)17(18(13(3)21-16)22-14(4)19)20-11-15-9-7-6-8-10-15/h6-10,12-13,16-18H,5,11H2,1-4H3/t12-,13-,16?,17+,18?/m0/s1. The normalized spacial score (nSPS) is 31.7. The summed E-state index contributed by atoms with van der Waals surface area (Å²) in [6, 6.07) is 10.0. The average molecular weight is 306 g/mol. The van der Waals surface area contributed by atoms with E-state index in [0.717, 1.165) is 12.0 Å². The van der Waals surface area contributed by atoms with Gasteiger partial charge in [-0.25, -0.2) is 0 Å². The van der Waals surface area contributed by atoms with Gasteiger partial charge in [-0.05, 0) is 18.9 Å². The minimum absolute atomic E-state index is 0.127. The van der Waals surface area contributed by atoms with Crippen molar-refractivity contribution in [1.29, 1.82) is 0 Å². The fourth-order valence-electron chi connectivity index (χ4n) is 3.09. The molecule has 0 spiro atoms. The van der Waals surface area contributed by atoms with Crippen molar-refractivity contribution < 1.29 is 19.0 Å². The summed E-state index contributed by atoms with van der Waals surface area (Å²) in [6.07, 6.45) is 0.369. The maximum atomic E-state index is 11.4. The molecule has 1 aromatic rings. The number of rotatable bonds is 5. The zero-order valence-electron chi connectivity index (χ0n) is 13.8. The van der Waals surface area contributed by atoms with Crippen molar-refractivity contribution in [3.8, 4) is 0 Å². The van der Waals surface area contributed by atoms with Gasteiger partial charge in [-0.15, -0.1) is 0 Å². The zero-order chi connectivity index (χ0) is 16.1. The van der Waals surface area contributed by atoms with E-state index in [0.29, 0.717) is 6.61 Å². The minimum atomic E-state index is -0.362. The van der Waals surface area contributed by atoms with Crippen LogP contribution in [0.25, 0.3) is 0 Å². The first-order valence-electron chi connectivity index (χ1n) is 8.01. The first-order chi connectivity index (χ1) is 10.5. The lowest BCUT2D eigenvalue weighted by molar-refractivity contribution is -0.222. The number of benzene rings is 1. The Morgan fingerprint density at radius 3 is 2.45 bits per heavy atom. The van der Waals surface area contributed by atoms with Gasteiger partial charge in [-0.1, -0.05) is 44.2 Å². The molecule has 4 heteroatoms. The van der Waals surface area contributed by atoms with Gasteiger partial charge in [0.25, 0.3) is 0 Å². The molecule has 1 aliphatic rings. The molecule has 5 atom stereocenters. The molecule has 1 aromatic carbocycles. The van der Waals surface area contributed by atoms with Gasteiger partial charge in [0, 0.05) is 12.8 Å². The van der Waals surface area contributed by atoms with Crippen molar-refractivity contribution >= 4 is 5.97 Å². The van der Waals surface area contributed by atoms with Crippen LogP contribution in [0.5, 0.6) is 0 Å². The minimum Gasteiger partial charge on any atom is -0.457 e. The lowest BCUT2D eigenvalue weighted by atomic mass is 9.87. The van der Waals surface area contributed by atoms with Crippen LogP contribution in [0.1, 0.15) is 39.7 Å². The molecular formula is C18H26O4. The Morgan fingerprint density at radius 1 is 1.18 bits per heavy atom. The highest BCUT2D eigenvalue weighted by molar-refractivity contribution is 5.66. The van der Waals surface area contributed by atoms with Crippen LogP contribution in [-0.2, 0) is 25.6 Å². The largest absolute Gasteiger partial charge is 0.457 e. The van der Waals surface area contributed by atoms with Gasteiger partial charge in [0.15, 0.2) is 6.10 Å². The second kappa shape index (κ2) is 7.75. The number of carbonyl (C=O) groups excluding carboxylic acids is 1. The average Bonchev–Trinajstić information content (AvgIpc) is 2.50. The predicted molar refractivity (Wildman–Crippen MR) is 84.4 cm³/mol. The number of hydrogen-bond acceptors (Lipinski definition) is 4. The Morgan fingerprint density at radius 2 is 1.86 bits per heavy atom. The molecule has 1 fully saturated rings. The van der Waals surface area contributed by atoms with Crippen LogP contribution in [-0.4, -0.2) is 30.4 Å². The molecule has 2 rings (SSSR count). The molecule has 0 aromatic heterocycles. The van der Waals surface area contributed by atoms with Crippen molar-refractivity contribution in [3.63, 3.8) is 0 Å². The van der Waals surface area contributed by atoms with E-state index < -0.39 is 0 Å². The smallest absolute Gasteiger partial charge is 0.303 e. The van der Waals surface area contributed by atoms with E-state index in [1.165, 1.54) is 6.92 Å². The van der Waals surface area contributed by atoms with Gasteiger partial charge >= 0.3 is 5.97 Å². The Bertz CT molecular complexity index is 473. The second-order valence-corrected chi connectivity index (χ2v) is 5.98. The Hall–Kier alpha value is -1.39. The first-order valence-corrected chi connectivity index (χ1v) is 8.01. The highest BCUT2D eigenvalue weighted by Crippen LogP contribution is 2.32. The van der Waals surface area contributed by atoms with Gasteiger partial charge in [-0.2, -0.15) is 0 Å². The first kappa shape index (κ1) is 17.0. The van der Waals surface area contributed by atoms with Crippen molar-refractivity contribution in [2.75, 3.05) is 0 Å². The molecule has 0 saturated carbocycles. The number of esters is 1. The quantitative estimate of drug-likeness (QED) is 0.783. The van der Waals surface area contributed by atoms with Crippen LogP contribution in [0.2, 0.25) is 0 Å². The van der Waals surface area contributed by atoms with Crippen LogP contribution < -0.4 is 0 Å². The van der Waals surface area contributed by atoms with E-state index >= 15 is 0 Å². The molecule has 1 heterocycles. The monoisotopic (exact) mass is 306 g/mol. The fourth-order valence-corrected chi connectivity index (χ4v) is 3.09. The third-order valence-corrected chi connectivity index (χ3v) is 4.27. The Balaban J connectivity index is 2.10. The maximum Gasteiger partial charge on any atom is 0.303 e. The van der Waals surface area contributed by atoms with E-state index in [4.69, 9.17) is 14.2 Å². The van der Waals surface area contributed by atoms with E-state index in [9.17, 15) is 4.79 Å². The number of hydrogen-bond donors (Lipinski definition) is 0. The van der Waals surface area contributed by atoms with Gasteiger partial charge in [0.2, 0.25) is 0 Å². The van der Waals surface area contributed by atoms with E-state index in [1.807, 2.05) is 37.3 Å². The van der Waals surface area contributed by atoms with Crippen LogP contribution >= 0.6 is 0 Å². The predicted octanol–water partition coefficient (Wildman–Crippen LogP) is 3.34. The topological polar surface area (TPSA) is 44.8 Å². The SMILES string of the molecule is CCC1O[C@@H](C)C(OC(C)=O)[C@H](OCc2ccccc2)[C@H]1C. The molecule has 4 nitrogen and oxygen atoms in total. The molecule has 0 aliphatic carbocycles. The lowest BCUT2D eigenvalue weighted by Crippen LogP contribution is -2.54. The number of carbonyl (C=O) groups is 1. The summed E-state index contributed by atoms with van der Waals surface area (Å²) < 4.78 is 17.6. The van der Waals surface area contributed by atoms with Crippen molar-refractivity contribution in [3.05, 3.63) is 35.9 Å². The molecule has 1 saturated heterocycles. The third-order valence-electron chi connectivity index (χ3n) is 4.27. The van der Waals surface area contributed by atoms with Gasteiger partial charge in [0.1, 0.15) is 6.10 Å². The van der Waals surface area contributed by atoms with Gasteiger partial charge < -0.3 is 14.2 Å².